The molecule has 5 heteroatoms. The molecule has 2 rings (SSSR count). The number of rotatable bonds is 10. The Morgan fingerprint density at radius 1 is 1.12 bits per heavy atom. The molecular weight excluding hydrogens is 348 g/mol. The summed E-state index contributed by atoms with van der Waals surface area (Å²) in [6.45, 7) is 6.55. The summed E-state index contributed by atoms with van der Waals surface area (Å²) in [5.41, 5.74) is 2.17. The number of ether oxygens (including phenoxy) is 2. The molecule has 0 aliphatic heterocycles. The average Bonchev–Trinajstić information content (AvgIpc) is 2.62. The Labute approximate surface area is 159 Å². The van der Waals surface area contributed by atoms with Gasteiger partial charge in [-0.3, -0.25) is 0 Å². The van der Waals surface area contributed by atoms with Crippen LogP contribution in [0.15, 0.2) is 47.4 Å². The summed E-state index contributed by atoms with van der Waals surface area (Å²) in [4.78, 5) is 11.8. The number of aliphatic carboxylic acids is 1. The van der Waals surface area contributed by atoms with E-state index in [9.17, 15) is 4.79 Å². The van der Waals surface area contributed by atoms with Crippen LogP contribution in [-0.4, -0.2) is 30.0 Å². The highest BCUT2D eigenvalue weighted by Gasteiger charge is 2.10. The van der Waals surface area contributed by atoms with Crippen molar-refractivity contribution in [1.29, 1.82) is 0 Å². The van der Waals surface area contributed by atoms with Gasteiger partial charge in [0.25, 0.3) is 0 Å². The lowest BCUT2D eigenvalue weighted by Gasteiger charge is -2.16. The van der Waals surface area contributed by atoms with Gasteiger partial charge in [-0.2, -0.15) is 0 Å². The molecule has 0 saturated carbocycles. The molecule has 4 nitrogen and oxygen atoms in total. The van der Waals surface area contributed by atoms with Crippen molar-refractivity contribution < 1.29 is 19.4 Å². The molecular formula is C21H26O4S. The maximum atomic E-state index is 10.6. The maximum absolute atomic E-state index is 10.6. The van der Waals surface area contributed by atoms with Gasteiger partial charge in [-0.15, -0.1) is 11.8 Å². The number of carboxylic acids is 1. The third-order valence-corrected chi connectivity index (χ3v) is 5.29. The van der Waals surface area contributed by atoms with Gasteiger partial charge in [-0.1, -0.05) is 24.6 Å². The van der Waals surface area contributed by atoms with Crippen molar-refractivity contribution in [2.24, 2.45) is 5.92 Å². The van der Waals surface area contributed by atoms with Crippen molar-refractivity contribution in [3.8, 4) is 11.5 Å². The minimum Gasteiger partial charge on any atom is -0.493 e. The summed E-state index contributed by atoms with van der Waals surface area (Å²) in [6, 6.07) is 14.0. The summed E-state index contributed by atoms with van der Waals surface area (Å²) in [7, 11) is 0. The number of carbonyl (C=O) groups is 1. The lowest BCUT2D eigenvalue weighted by Crippen LogP contribution is -2.13. The summed E-state index contributed by atoms with van der Waals surface area (Å²) in [5, 5.41) is 8.70. The van der Waals surface area contributed by atoms with Crippen molar-refractivity contribution in [1.82, 2.24) is 0 Å². The standard InChI is InChI=1S/C21H26O4S/c1-4-17(12-24-18-7-5-15(2)6-8-18)14-26-19-9-10-20(16(3)11-19)25-13-21(22)23/h5-11,17H,4,12-14H2,1-3H3,(H,22,23)/t17-/m1/s1. The van der Waals surface area contributed by atoms with Crippen LogP contribution in [0, 0.1) is 19.8 Å². The van der Waals surface area contributed by atoms with Crippen LogP contribution in [0.3, 0.4) is 0 Å². The van der Waals surface area contributed by atoms with E-state index in [1.807, 2.05) is 37.3 Å². The number of benzene rings is 2. The fourth-order valence-corrected chi connectivity index (χ4v) is 3.54. The predicted octanol–water partition coefficient (Wildman–Crippen LogP) is 4.96. The van der Waals surface area contributed by atoms with Crippen LogP contribution in [0.2, 0.25) is 0 Å². The van der Waals surface area contributed by atoms with Gasteiger partial charge in [0.2, 0.25) is 0 Å². The van der Waals surface area contributed by atoms with Crippen molar-refractivity contribution >= 4 is 17.7 Å². The Bertz CT molecular complexity index is 712. The Kier molecular flexibility index (Phi) is 7.85. The first kappa shape index (κ1) is 20.2. The molecule has 2 aromatic carbocycles. The van der Waals surface area contributed by atoms with Crippen molar-refractivity contribution in [3.63, 3.8) is 0 Å². The molecule has 0 fully saturated rings. The summed E-state index contributed by atoms with van der Waals surface area (Å²) in [6.07, 6.45) is 1.05. The molecule has 0 amide bonds. The van der Waals surface area contributed by atoms with Gasteiger partial charge < -0.3 is 14.6 Å². The van der Waals surface area contributed by atoms with Gasteiger partial charge in [0.1, 0.15) is 11.5 Å². The number of thioether (sulfide) groups is 1. The van der Waals surface area contributed by atoms with Crippen LogP contribution in [-0.2, 0) is 4.79 Å². The third-order valence-electron chi connectivity index (χ3n) is 4.07. The van der Waals surface area contributed by atoms with Gasteiger partial charge in [0.15, 0.2) is 6.61 Å². The second-order valence-electron chi connectivity index (χ2n) is 6.32. The van der Waals surface area contributed by atoms with Crippen LogP contribution in [0.1, 0.15) is 24.5 Å². The molecule has 140 valence electrons. The Hall–Kier alpha value is -2.14. The van der Waals surface area contributed by atoms with Gasteiger partial charge >= 0.3 is 5.97 Å². The molecule has 0 aliphatic rings. The van der Waals surface area contributed by atoms with E-state index in [2.05, 4.69) is 26.0 Å². The van der Waals surface area contributed by atoms with E-state index in [1.54, 1.807) is 11.8 Å². The zero-order valence-electron chi connectivity index (χ0n) is 15.5. The van der Waals surface area contributed by atoms with E-state index in [0.717, 1.165) is 28.4 Å². The summed E-state index contributed by atoms with van der Waals surface area (Å²) < 4.78 is 11.2. The Morgan fingerprint density at radius 3 is 2.46 bits per heavy atom. The van der Waals surface area contributed by atoms with Gasteiger partial charge in [-0.05, 0) is 56.2 Å². The van der Waals surface area contributed by atoms with Crippen LogP contribution >= 0.6 is 11.8 Å². The third kappa shape index (κ3) is 6.64. The number of hydrogen-bond donors (Lipinski definition) is 1. The van der Waals surface area contributed by atoms with E-state index in [1.165, 1.54) is 5.56 Å². The zero-order valence-corrected chi connectivity index (χ0v) is 16.3. The van der Waals surface area contributed by atoms with Gasteiger partial charge in [0.05, 0.1) is 6.61 Å². The lowest BCUT2D eigenvalue weighted by atomic mass is 10.1. The molecule has 0 bridgehead atoms. The van der Waals surface area contributed by atoms with Crippen LogP contribution in [0.5, 0.6) is 11.5 Å². The largest absolute Gasteiger partial charge is 0.493 e. The molecule has 2 aromatic rings. The van der Waals surface area contributed by atoms with Gasteiger partial charge in [0, 0.05) is 16.6 Å². The van der Waals surface area contributed by atoms with E-state index < -0.39 is 5.97 Å². The molecule has 0 saturated heterocycles. The molecule has 0 spiro atoms. The highest BCUT2D eigenvalue weighted by Crippen LogP contribution is 2.28. The van der Waals surface area contributed by atoms with E-state index in [4.69, 9.17) is 14.6 Å². The fourth-order valence-electron chi connectivity index (χ4n) is 2.36. The Balaban J connectivity index is 1.84. The first-order valence-electron chi connectivity index (χ1n) is 8.75. The minimum atomic E-state index is -0.970. The molecule has 1 atom stereocenters. The molecule has 0 unspecified atom stereocenters. The normalized spacial score (nSPS) is 11.8. The molecule has 0 aromatic heterocycles. The molecule has 0 radical (unpaired) electrons. The van der Waals surface area contributed by atoms with Crippen LogP contribution in [0.25, 0.3) is 0 Å². The number of hydrogen-bond acceptors (Lipinski definition) is 4. The topological polar surface area (TPSA) is 55.8 Å². The first-order chi connectivity index (χ1) is 12.5. The van der Waals surface area contributed by atoms with E-state index in [0.29, 0.717) is 18.3 Å². The monoisotopic (exact) mass is 374 g/mol. The fraction of sp³-hybridized carbons (Fsp3) is 0.381. The second kappa shape index (κ2) is 10.1. The number of carboxylic acid groups (broad SMARTS) is 1. The SMILES string of the molecule is CC[C@H](COc1ccc(C)cc1)CSc1ccc(OCC(=O)O)c(C)c1. The first-order valence-corrected chi connectivity index (χ1v) is 9.74. The highest BCUT2D eigenvalue weighted by atomic mass is 32.2. The average molecular weight is 375 g/mol. The molecule has 26 heavy (non-hydrogen) atoms. The predicted molar refractivity (Wildman–Crippen MR) is 105 cm³/mol. The quantitative estimate of drug-likeness (QED) is 0.596. The minimum absolute atomic E-state index is 0.318. The molecule has 0 aliphatic carbocycles. The van der Waals surface area contributed by atoms with Crippen molar-refractivity contribution in [2.45, 2.75) is 32.1 Å². The number of aryl methyl sites for hydroxylation is 2. The maximum Gasteiger partial charge on any atom is 0.341 e. The smallest absolute Gasteiger partial charge is 0.341 e. The summed E-state index contributed by atoms with van der Waals surface area (Å²) >= 11 is 1.79. The second-order valence-corrected chi connectivity index (χ2v) is 7.41. The molecule has 1 N–H and O–H groups in total. The Morgan fingerprint density at radius 2 is 1.85 bits per heavy atom. The lowest BCUT2D eigenvalue weighted by molar-refractivity contribution is -0.139. The van der Waals surface area contributed by atoms with E-state index >= 15 is 0 Å². The van der Waals surface area contributed by atoms with Crippen LogP contribution < -0.4 is 9.47 Å². The van der Waals surface area contributed by atoms with Gasteiger partial charge in [-0.25, -0.2) is 4.79 Å². The van der Waals surface area contributed by atoms with Crippen LogP contribution in [0.4, 0.5) is 0 Å². The highest BCUT2D eigenvalue weighted by molar-refractivity contribution is 7.99. The van der Waals surface area contributed by atoms with E-state index in [-0.39, 0.29) is 6.61 Å². The van der Waals surface area contributed by atoms with Crippen molar-refractivity contribution in [3.05, 3.63) is 53.6 Å². The zero-order chi connectivity index (χ0) is 18.9. The molecule has 0 heterocycles. The van der Waals surface area contributed by atoms with Crippen molar-refractivity contribution in [2.75, 3.05) is 19.0 Å². The summed E-state index contributed by atoms with van der Waals surface area (Å²) in [5.74, 6) is 1.99.